The Balaban J connectivity index is 3.41. The van der Waals surface area contributed by atoms with Crippen molar-refractivity contribution in [2.45, 2.75) is 50.2 Å². The molecule has 0 aliphatic carbocycles. The Bertz CT molecular complexity index is 921. The van der Waals surface area contributed by atoms with Gasteiger partial charge in [0.15, 0.2) is 5.66 Å². The normalized spacial score (nSPS) is 13.3. The number of nitrogens with two attached hydrogens (primary N) is 4. The van der Waals surface area contributed by atoms with Gasteiger partial charge in [-0.05, 0) is 50.1 Å². The second kappa shape index (κ2) is 13.1. The maximum Gasteiger partial charge on any atom is 0.352 e. The van der Waals surface area contributed by atoms with Crippen LogP contribution in [0.2, 0.25) is 0 Å². The van der Waals surface area contributed by atoms with Gasteiger partial charge in [0.1, 0.15) is 17.9 Å². The van der Waals surface area contributed by atoms with Crippen molar-refractivity contribution in [1.29, 1.82) is 5.41 Å². The summed E-state index contributed by atoms with van der Waals surface area (Å²) in [6.45, 7) is 0.239. The topological polar surface area (TPSA) is 246 Å². The van der Waals surface area contributed by atoms with Gasteiger partial charge in [-0.3, -0.25) is 30.4 Å². The SMILES string of the molecule is N=C(N)c1ccc(OC(=O)[C@](N)(CCCCN)N(C(=O)CCC=O)C(=O)[C@@H](N)CC(=O)O)cc1. The van der Waals surface area contributed by atoms with Crippen molar-refractivity contribution in [1.82, 2.24) is 4.90 Å². The average Bonchev–Trinajstić information content (AvgIpc) is 2.77. The number of aliphatic carboxylic acids is 1. The first-order valence-electron chi connectivity index (χ1n) is 10.4. The zero-order chi connectivity index (χ0) is 25.9. The molecule has 0 fully saturated rings. The number of imide groups is 1. The number of ether oxygens (including phenoxy) is 1. The van der Waals surface area contributed by atoms with E-state index in [2.05, 4.69) is 0 Å². The highest BCUT2D eigenvalue weighted by atomic mass is 16.5. The van der Waals surface area contributed by atoms with Gasteiger partial charge in [0.25, 0.3) is 0 Å². The van der Waals surface area contributed by atoms with E-state index in [1.165, 1.54) is 24.3 Å². The Morgan fingerprint density at radius 3 is 2.29 bits per heavy atom. The smallest absolute Gasteiger partial charge is 0.352 e. The molecule has 0 aliphatic rings. The first-order chi connectivity index (χ1) is 16.0. The van der Waals surface area contributed by atoms with Gasteiger partial charge >= 0.3 is 11.9 Å². The Morgan fingerprint density at radius 1 is 1.18 bits per heavy atom. The molecule has 0 saturated heterocycles. The summed E-state index contributed by atoms with van der Waals surface area (Å²) >= 11 is 0. The van der Waals surface area contributed by atoms with Crippen molar-refractivity contribution in [3.8, 4) is 5.75 Å². The van der Waals surface area contributed by atoms with Crippen LogP contribution >= 0.6 is 0 Å². The number of hydrogen-bond acceptors (Lipinski definition) is 10. The van der Waals surface area contributed by atoms with Crippen molar-refractivity contribution in [3.63, 3.8) is 0 Å². The van der Waals surface area contributed by atoms with Gasteiger partial charge < -0.3 is 31.8 Å². The quantitative estimate of drug-likeness (QED) is 0.0352. The fraction of sp³-hybridized carbons (Fsp3) is 0.429. The number of nitrogen functional groups attached to an aromatic ring is 1. The number of amidine groups is 1. The van der Waals surface area contributed by atoms with Crippen LogP contribution in [-0.2, 0) is 24.0 Å². The molecule has 13 nitrogen and oxygen atoms in total. The van der Waals surface area contributed by atoms with Crippen LogP contribution in [0.4, 0.5) is 0 Å². The molecule has 1 rings (SSSR count). The Hall–Kier alpha value is -3.68. The molecule has 0 radical (unpaired) electrons. The van der Waals surface area contributed by atoms with Crippen LogP contribution in [0.15, 0.2) is 24.3 Å². The standard InChI is InChI=1S/C21H30N6O7/c22-10-2-1-9-21(26,20(33)34-14-7-5-13(6-8-14)18(24)25)27(16(29)4-3-11-28)19(32)15(23)12-17(30)31/h5-8,11,15H,1-4,9-10,12,22-23,26H2,(H3,24,25)(H,30,31)/t15-,21-/m0/s1. The van der Waals surface area contributed by atoms with Gasteiger partial charge in [-0.1, -0.05) is 0 Å². The average molecular weight is 479 g/mol. The molecule has 0 spiro atoms. The van der Waals surface area contributed by atoms with Crippen LogP contribution in [0.5, 0.6) is 5.75 Å². The third-order valence-corrected chi connectivity index (χ3v) is 4.80. The summed E-state index contributed by atoms with van der Waals surface area (Å²) < 4.78 is 5.31. The minimum absolute atomic E-state index is 0.00813. The monoisotopic (exact) mass is 478 g/mol. The van der Waals surface area contributed by atoms with E-state index in [-0.39, 0.29) is 37.4 Å². The van der Waals surface area contributed by atoms with E-state index in [0.717, 1.165) is 0 Å². The largest absolute Gasteiger partial charge is 0.481 e. The van der Waals surface area contributed by atoms with Crippen molar-refractivity contribution >= 4 is 35.9 Å². The number of rotatable bonds is 14. The minimum atomic E-state index is -2.36. The van der Waals surface area contributed by atoms with Gasteiger partial charge in [-0.25, -0.2) is 4.79 Å². The van der Waals surface area contributed by atoms with Crippen molar-refractivity contribution in [2.75, 3.05) is 6.54 Å². The third kappa shape index (κ3) is 7.72. The summed E-state index contributed by atoms with van der Waals surface area (Å²) in [5.74, 6) is -4.99. The number of unbranched alkanes of at least 4 members (excludes halogenated alkanes) is 1. The predicted molar refractivity (Wildman–Crippen MR) is 120 cm³/mol. The summed E-state index contributed by atoms with van der Waals surface area (Å²) in [4.78, 5) is 61.3. The number of amides is 2. The van der Waals surface area contributed by atoms with Crippen molar-refractivity contribution in [3.05, 3.63) is 29.8 Å². The molecule has 10 N–H and O–H groups in total. The second-order valence-corrected chi connectivity index (χ2v) is 7.47. The molecule has 0 aromatic heterocycles. The lowest BCUT2D eigenvalue weighted by Gasteiger charge is -2.38. The number of benzene rings is 1. The molecular formula is C21H30N6O7. The van der Waals surface area contributed by atoms with Gasteiger partial charge in [-0.15, -0.1) is 0 Å². The van der Waals surface area contributed by atoms with E-state index in [4.69, 9.17) is 38.2 Å². The summed E-state index contributed by atoms with van der Waals surface area (Å²) in [6, 6.07) is 3.83. The molecule has 1 aromatic carbocycles. The summed E-state index contributed by atoms with van der Waals surface area (Å²) in [7, 11) is 0. The molecular weight excluding hydrogens is 448 g/mol. The number of carbonyl (C=O) groups is 5. The Labute approximate surface area is 195 Å². The first-order valence-corrected chi connectivity index (χ1v) is 10.4. The van der Waals surface area contributed by atoms with Crippen LogP contribution in [0.3, 0.4) is 0 Å². The zero-order valence-corrected chi connectivity index (χ0v) is 18.6. The Morgan fingerprint density at radius 2 is 1.79 bits per heavy atom. The molecule has 186 valence electrons. The summed E-state index contributed by atoms with van der Waals surface area (Å²) in [6.07, 6.45) is -0.763. The number of nitrogens with one attached hydrogen (secondary N) is 1. The number of carboxylic acids is 1. The number of esters is 1. The maximum absolute atomic E-state index is 13.2. The van der Waals surface area contributed by atoms with Gasteiger partial charge in [0, 0.05) is 18.4 Å². The van der Waals surface area contributed by atoms with Crippen LogP contribution in [0.25, 0.3) is 0 Å². The number of aldehydes is 1. The molecule has 1 aromatic rings. The molecule has 0 aliphatic heterocycles. The molecule has 13 heteroatoms. The third-order valence-electron chi connectivity index (χ3n) is 4.80. The highest BCUT2D eigenvalue weighted by Gasteiger charge is 2.48. The highest BCUT2D eigenvalue weighted by molar-refractivity contribution is 6.04. The van der Waals surface area contributed by atoms with E-state index in [9.17, 15) is 24.0 Å². The van der Waals surface area contributed by atoms with Crippen LogP contribution < -0.4 is 27.7 Å². The fourth-order valence-electron chi connectivity index (χ4n) is 3.02. The van der Waals surface area contributed by atoms with E-state index < -0.39 is 48.3 Å². The maximum atomic E-state index is 13.2. The first kappa shape index (κ1) is 28.4. The molecule has 2 amide bonds. The van der Waals surface area contributed by atoms with Gasteiger partial charge in [-0.2, -0.15) is 0 Å². The number of carboxylic acid groups (broad SMARTS) is 1. The lowest BCUT2D eigenvalue weighted by atomic mass is 9.98. The number of nitrogens with zero attached hydrogens (tertiary/aromatic N) is 1. The lowest BCUT2D eigenvalue weighted by Crippen LogP contribution is -2.68. The number of hydrogen-bond donors (Lipinski definition) is 6. The van der Waals surface area contributed by atoms with Crippen molar-refractivity contribution in [2.24, 2.45) is 22.9 Å². The van der Waals surface area contributed by atoms with Crippen LogP contribution in [0.1, 0.15) is 44.1 Å². The summed E-state index contributed by atoms with van der Waals surface area (Å²) in [5.41, 5.74) is 20.9. The molecule has 34 heavy (non-hydrogen) atoms. The van der Waals surface area contributed by atoms with Crippen molar-refractivity contribution < 1.29 is 33.8 Å². The fourth-order valence-corrected chi connectivity index (χ4v) is 3.02. The number of carbonyl (C=O) groups excluding carboxylic acids is 4. The van der Waals surface area contributed by atoms with E-state index in [0.29, 0.717) is 23.2 Å². The highest BCUT2D eigenvalue weighted by Crippen LogP contribution is 2.24. The molecule has 0 unspecified atom stereocenters. The molecule has 0 heterocycles. The predicted octanol–water partition coefficient (Wildman–Crippen LogP) is -1.20. The van der Waals surface area contributed by atoms with E-state index in [1.807, 2.05) is 0 Å². The van der Waals surface area contributed by atoms with Crippen LogP contribution in [0, 0.1) is 5.41 Å². The van der Waals surface area contributed by atoms with E-state index >= 15 is 0 Å². The zero-order valence-electron chi connectivity index (χ0n) is 18.6. The van der Waals surface area contributed by atoms with E-state index in [1.54, 1.807) is 0 Å². The molecule has 2 atom stereocenters. The summed E-state index contributed by atoms with van der Waals surface area (Å²) in [5, 5.41) is 16.4. The molecule has 0 bridgehead atoms. The second-order valence-electron chi connectivity index (χ2n) is 7.47. The van der Waals surface area contributed by atoms with Crippen LogP contribution in [-0.4, -0.2) is 64.1 Å². The van der Waals surface area contributed by atoms with Gasteiger partial charge in [0.05, 0.1) is 12.5 Å². The van der Waals surface area contributed by atoms with Gasteiger partial charge in [0.2, 0.25) is 11.8 Å². The minimum Gasteiger partial charge on any atom is -0.481 e. The Kier molecular flexibility index (Phi) is 10.9. The lowest BCUT2D eigenvalue weighted by molar-refractivity contribution is -0.167. The molecule has 0 saturated carbocycles.